The van der Waals surface area contributed by atoms with Crippen molar-refractivity contribution in [3.05, 3.63) is 66.0 Å². The van der Waals surface area contributed by atoms with Crippen LogP contribution < -0.4 is 5.32 Å². The molecule has 3 nitrogen and oxygen atoms in total. The van der Waals surface area contributed by atoms with E-state index in [-0.39, 0.29) is 5.91 Å². The van der Waals surface area contributed by atoms with Crippen LogP contribution in [0.2, 0.25) is 0 Å². The molecule has 1 aromatic heterocycles. The minimum atomic E-state index is -0.148. The molecule has 0 saturated heterocycles. The number of pyridine rings is 1. The van der Waals surface area contributed by atoms with E-state index in [2.05, 4.69) is 22.9 Å². The Labute approximate surface area is 117 Å². The molecule has 0 aliphatic carbocycles. The number of hydrogen-bond acceptors (Lipinski definition) is 3. The lowest BCUT2D eigenvalue weighted by Gasteiger charge is -2.06. The number of benzene rings is 1. The molecule has 0 saturated carbocycles. The molecule has 0 radical (unpaired) electrons. The quantitative estimate of drug-likeness (QED) is 0.662. The number of thiol groups is 1. The maximum Gasteiger partial charge on any atom is 0.252 e. The number of carbonyl (C=O) groups is 1. The summed E-state index contributed by atoms with van der Waals surface area (Å²) >= 11 is 4.21. The van der Waals surface area contributed by atoms with Gasteiger partial charge in [0.25, 0.3) is 5.91 Å². The van der Waals surface area contributed by atoms with Gasteiger partial charge in [-0.25, -0.2) is 0 Å². The monoisotopic (exact) mass is 270 g/mol. The van der Waals surface area contributed by atoms with Gasteiger partial charge >= 0.3 is 0 Å². The number of nitrogens with zero attached hydrogens (tertiary/aromatic N) is 1. The van der Waals surface area contributed by atoms with E-state index in [4.69, 9.17) is 0 Å². The Morgan fingerprint density at radius 1 is 1.16 bits per heavy atom. The van der Waals surface area contributed by atoms with Crippen LogP contribution in [-0.4, -0.2) is 16.6 Å². The van der Waals surface area contributed by atoms with Gasteiger partial charge in [-0.1, -0.05) is 30.3 Å². The molecule has 0 spiro atoms. The first-order valence-electron chi connectivity index (χ1n) is 5.87. The van der Waals surface area contributed by atoms with Crippen LogP contribution in [0.4, 0.5) is 5.69 Å². The largest absolute Gasteiger partial charge is 0.322 e. The van der Waals surface area contributed by atoms with Gasteiger partial charge in [0, 0.05) is 29.4 Å². The van der Waals surface area contributed by atoms with Crippen molar-refractivity contribution in [2.45, 2.75) is 0 Å². The second-order valence-corrected chi connectivity index (χ2v) is 4.24. The van der Waals surface area contributed by atoms with Crippen molar-refractivity contribution in [1.29, 1.82) is 0 Å². The van der Waals surface area contributed by atoms with Crippen LogP contribution in [0.25, 0.3) is 6.08 Å². The Hall–Kier alpha value is -2.07. The molecule has 0 bridgehead atoms. The molecule has 0 atom stereocenters. The fourth-order valence-corrected chi connectivity index (χ4v) is 1.81. The number of hydrogen-bond donors (Lipinski definition) is 2. The predicted octanol–water partition coefficient (Wildman–Crippen LogP) is 3.03. The van der Waals surface area contributed by atoms with Crippen molar-refractivity contribution in [3.8, 4) is 0 Å². The summed E-state index contributed by atoms with van der Waals surface area (Å²) in [7, 11) is 0. The Morgan fingerprint density at radius 3 is 2.47 bits per heavy atom. The summed E-state index contributed by atoms with van der Waals surface area (Å²) in [5.41, 5.74) is 2.32. The lowest BCUT2D eigenvalue weighted by atomic mass is 10.1. The van der Waals surface area contributed by atoms with E-state index >= 15 is 0 Å². The van der Waals surface area contributed by atoms with Crippen LogP contribution in [0, 0.1) is 0 Å². The van der Waals surface area contributed by atoms with E-state index in [1.807, 2.05) is 36.4 Å². The first-order chi connectivity index (χ1) is 9.29. The minimum absolute atomic E-state index is 0.148. The number of aromatic nitrogens is 1. The summed E-state index contributed by atoms with van der Waals surface area (Å²) in [5, 5.41) is 2.82. The topological polar surface area (TPSA) is 42.0 Å². The molecule has 1 aromatic carbocycles. The van der Waals surface area contributed by atoms with Crippen molar-refractivity contribution in [1.82, 2.24) is 4.98 Å². The Bertz CT molecular complexity index is 567. The van der Waals surface area contributed by atoms with Crippen molar-refractivity contribution >= 4 is 30.3 Å². The van der Waals surface area contributed by atoms with Gasteiger partial charge in [-0.05, 0) is 23.8 Å². The zero-order valence-corrected chi connectivity index (χ0v) is 11.2. The molecular weight excluding hydrogens is 256 g/mol. The van der Waals surface area contributed by atoms with Crippen LogP contribution in [0.1, 0.15) is 5.56 Å². The Balaban J connectivity index is 2.14. The molecule has 1 amide bonds. The molecule has 1 N–H and O–H groups in total. The summed E-state index contributed by atoms with van der Waals surface area (Å²) in [6, 6.07) is 13.2. The average molecular weight is 270 g/mol. The van der Waals surface area contributed by atoms with Crippen molar-refractivity contribution < 1.29 is 4.79 Å². The highest BCUT2D eigenvalue weighted by Gasteiger charge is 2.08. The van der Waals surface area contributed by atoms with E-state index in [0.29, 0.717) is 11.3 Å². The molecule has 0 unspecified atom stereocenters. The highest BCUT2D eigenvalue weighted by atomic mass is 32.1. The maximum absolute atomic E-state index is 12.1. The summed E-state index contributed by atoms with van der Waals surface area (Å²) in [5.74, 6) is 0.233. The first-order valence-corrected chi connectivity index (χ1v) is 6.50. The Morgan fingerprint density at radius 2 is 1.84 bits per heavy atom. The summed E-state index contributed by atoms with van der Waals surface area (Å²) < 4.78 is 0. The highest BCUT2D eigenvalue weighted by Crippen LogP contribution is 2.11. The number of nitrogens with one attached hydrogen (secondary N) is 1. The van der Waals surface area contributed by atoms with Gasteiger partial charge in [-0.3, -0.25) is 9.78 Å². The van der Waals surface area contributed by atoms with E-state index in [1.165, 1.54) is 0 Å². The summed E-state index contributed by atoms with van der Waals surface area (Å²) in [6.45, 7) is 0. The molecule has 2 aromatic rings. The van der Waals surface area contributed by atoms with E-state index in [1.54, 1.807) is 24.5 Å². The van der Waals surface area contributed by atoms with Crippen LogP contribution >= 0.6 is 12.6 Å². The molecule has 4 heteroatoms. The third-order valence-corrected chi connectivity index (χ3v) is 2.88. The van der Waals surface area contributed by atoms with Gasteiger partial charge in [0.2, 0.25) is 0 Å². The van der Waals surface area contributed by atoms with Crippen LogP contribution in [0.3, 0.4) is 0 Å². The number of rotatable bonds is 4. The SMILES string of the molecule is O=C(Nc1ccncc1)C(=Cc1ccccc1)CS. The van der Waals surface area contributed by atoms with E-state index in [9.17, 15) is 4.79 Å². The highest BCUT2D eigenvalue weighted by molar-refractivity contribution is 7.80. The van der Waals surface area contributed by atoms with Crippen LogP contribution in [0.15, 0.2) is 60.4 Å². The zero-order chi connectivity index (χ0) is 13.5. The normalized spacial score (nSPS) is 11.1. The van der Waals surface area contributed by atoms with Crippen LogP contribution in [-0.2, 0) is 4.79 Å². The molecule has 19 heavy (non-hydrogen) atoms. The standard InChI is InChI=1S/C15H14N2OS/c18-15(17-14-6-8-16-9-7-14)13(11-19)10-12-4-2-1-3-5-12/h1-10,19H,11H2,(H,16,17,18). The maximum atomic E-state index is 12.1. The molecule has 0 aliphatic rings. The van der Waals surface area contributed by atoms with E-state index < -0.39 is 0 Å². The number of amides is 1. The number of anilines is 1. The molecule has 2 rings (SSSR count). The second-order valence-electron chi connectivity index (χ2n) is 3.93. The fraction of sp³-hybridized carbons (Fsp3) is 0.0667. The minimum Gasteiger partial charge on any atom is -0.322 e. The lowest BCUT2D eigenvalue weighted by molar-refractivity contribution is -0.112. The third kappa shape index (κ3) is 3.96. The van der Waals surface area contributed by atoms with Gasteiger partial charge in [0.05, 0.1) is 0 Å². The average Bonchev–Trinajstić information content (AvgIpc) is 2.47. The van der Waals surface area contributed by atoms with Crippen molar-refractivity contribution in [2.75, 3.05) is 11.1 Å². The predicted molar refractivity (Wildman–Crippen MR) is 81.1 cm³/mol. The second kappa shape index (κ2) is 6.75. The van der Waals surface area contributed by atoms with Crippen molar-refractivity contribution in [3.63, 3.8) is 0 Å². The molecule has 0 aliphatic heterocycles. The zero-order valence-electron chi connectivity index (χ0n) is 10.3. The Kier molecular flexibility index (Phi) is 4.75. The molecular formula is C15H14N2OS. The van der Waals surface area contributed by atoms with Gasteiger partial charge in [0.1, 0.15) is 0 Å². The van der Waals surface area contributed by atoms with Gasteiger partial charge < -0.3 is 5.32 Å². The lowest BCUT2D eigenvalue weighted by Crippen LogP contribution is -2.15. The van der Waals surface area contributed by atoms with Gasteiger partial charge in [-0.15, -0.1) is 0 Å². The molecule has 0 fully saturated rings. The summed E-state index contributed by atoms with van der Waals surface area (Å²) in [4.78, 5) is 16.0. The smallest absolute Gasteiger partial charge is 0.252 e. The molecule has 96 valence electrons. The van der Waals surface area contributed by atoms with Crippen LogP contribution in [0.5, 0.6) is 0 Å². The summed E-state index contributed by atoms with van der Waals surface area (Å²) in [6.07, 6.45) is 5.11. The fourth-order valence-electron chi connectivity index (χ4n) is 1.58. The van der Waals surface area contributed by atoms with E-state index in [0.717, 1.165) is 11.3 Å². The first kappa shape index (κ1) is 13.4. The number of carbonyl (C=O) groups excluding carboxylic acids is 1. The van der Waals surface area contributed by atoms with Gasteiger partial charge in [0.15, 0.2) is 0 Å². The molecule has 1 heterocycles. The van der Waals surface area contributed by atoms with Crippen molar-refractivity contribution in [2.24, 2.45) is 0 Å². The third-order valence-electron chi connectivity index (χ3n) is 2.54. The van der Waals surface area contributed by atoms with Gasteiger partial charge in [-0.2, -0.15) is 12.6 Å².